The molecule has 5 heteroatoms. The van der Waals surface area contributed by atoms with Gasteiger partial charge in [-0.1, -0.05) is 0 Å². The summed E-state index contributed by atoms with van der Waals surface area (Å²) in [6.45, 7) is 1.11. The van der Waals surface area contributed by atoms with E-state index in [9.17, 15) is 0 Å². The average molecular weight is 291 g/mol. The van der Waals surface area contributed by atoms with Crippen LogP contribution in [0.1, 0.15) is 42.2 Å². The monoisotopic (exact) mass is 291 g/mol. The third-order valence-corrected chi connectivity index (χ3v) is 6.02. The van der Waals surface area contributed by atoms with E-state index in [4.69, 9.17) is 4.98 Å². The third kappa shape index (κ3) is 2.47. The zero-order valence-corrected chi connectivity index (χ0v) is 12.4. The maximum Gasteiger partial charge on any atom is 0.135 e. The Morgan fingerprint density at radius 3 is 3.05 bits per heavy atom. The van der Waals surface area contributed by atoms with Crippen molar-refractivity contribution in [1.82, 2.24) is 15.3 Å². The smallest absolute Gasteiger partial charge is 0.135 e. The molecule has 2 aromatic rings. The summed E-state index contributed by atoms with van der Waals surface area (Å²) in [5.41, 5.74) is 3.26. The van der Waals surface area contributed by atoms with E-state index >= 15 is 0 Å². The standard InChI is InChI=1S/C14H17N3S2/c1-2-9(6-16-10-4-5-10)13-11(3-1)19-14(17-13)12-7-15-8-18-12/h7-10,16H,1-6H2. The van der Waals surface area contributed by atoms with Gasteiger partial charge in [-0.3, -0.25) is 4.98 Å². The van der Waals surface area contributed by atoms with Gasteiger partial charge in [0.25, 0.3) is 0 Å². The zero-order valence-electron chi connectivity index (χ0n) is 10.8. The highest BCUT2D eigenvalue weighted by Gasteiger charge is 2.28. The van der Waals surface area contributed by atoms with Gasteiger partial charge in [-0.25, -0.2) is 4.98 Å². The quantitative estimate of drug-likeness (QED) is 0.937. The van der Waals surface area contributed by atoms with Crippen LogP contribution in [0.25, 0.3) is 9.88 Å². The molecule has 0 bridgehead atoms. The highest BCUT2D eigenvalue weighted by atomic mass is 32.1. The summed E-state index contributed by atoms with van der Waals surface area (Å²) in [6, 6.07) is 0.796. The van der Waals surface area contributed by atoms with Crippen molar-refractivity contribution in [3.8, 4) is 9.88 Å². The Kier molecular flexibility index (Phi) is 3.13. The molecule has 0 saturated heterocycles. The van der Waals surface area contributed by atoms with Crippen LogP contribution in [-0.4, -0.2) is 22.6 Å². The van der Waals surface area contributed by atoms with Crippen molar-refractivity contribution in [3.05, 3.63) is 22.3 Å². The molecule has 2 heterocycles. The van der Waals surface area contributed by atoms with E-state index in [0.29, 0.717) is 5.92 Å². The molecule has 3 nitrogen and oxygen atoms in total. The summed E-state index contributed by atoms with van der Waals surface area (Å²) < 4.78 is 0. The fraction of sp³-hybridized carbons (Fsp3) is 0.571. The molecule has 1 saturated carbocycles. The van der Waals surface area contributed by atoms with Gasteiger partial charge < -0.3 is 5.32 Å². The molecule has 2 aromatic heterocycles. The molecule has 2 aliphatic rings. The Labute approximate surface area is 121 Å². The summed E-state index contributed by atoms with van der Waals surface area (Å²) >= 11 is 3.57. The number of nitrogens with one attached hydrogen (secondary N) is 1. The van der Waals surface area contributed by atoms with Crippen molar-refractivity contribution in [3.63, 3.8) is 0 Å². The molecule has 19 heavy (non-hydrogen) atoms. The minimum atomic E-state index is 0.627. The first-order valence-corrected chi connectivity index (χ1v) is 8.71. The summed E-state index contributed by atoms with van der Waals surface area (Å²) in [5, 5.41) is 4.84. The molecule has 0 radical (unpaired) electrons. The van der Waals surface area contributed by atoms with Crippen molar-refractivity contribution in [1.29, 1.82) is 0 Å². The number of hydrogen-bond acceptors (Lipinski definition) is 5. The maximum absolute atomic E-state index is 4.92. The van der Waals surface area contributed by atoms with Gasteiger partial charge in [0.1, 0.15) is 5.01 Å². The lowest BCUT2D eigenvalue weighted by Crippen LogP contribution is -2.25. The largest absolute Gasteiger partial charge is 0.313 e. The number of nitrogens with zero attached hydrogens (tertiary/aromatic N) is 2. The molecule has 1 unspecified atom stereocenters. The van der Waals surface area contributed by atoms with E-state index < -0.39 is 0 Å². The number of aryl methyl sites for hydroxylation is 1. The molecule has 1 atom stereocenters. The van der Waals surface area contributed by atoms with Crippen LogP contribution in [-0.2, 0) is 6.42 Å². The van der Waals surface area contributed by atoms with Crippen molar-refractivity contribution >= 4 is 22.7 Å². The topological polar surface area (TPSA) is 37.8 Å². The molecular formula is C14H17N3S2. The van der Waals surface area contributed by atoms with E-state index in [2.05, 4.69) is 10.3 Å². The first kappa shape index (κ1) is 12.0. The molecule has 0 amide bonds. The normalized spacial score (nSPS) is 22.4. The fourth-order valence-corrected chi connectivity index (χ4v) is 4.60. The minimum Gasteiger partial charge on any atom is -0.313 e. The molecule has 0 aliphatic heterocycles. The van der Waals surface area contributed by atoms with Gasteiger partial charge in [-0.2, -0.15) is 0 Å². The first-order chi connectivity index (χ1) is 9.40. The Hall–Kier alpha value is -0.780. The van der Waals surface area contributed by atoms with Crippen LogP contribution >= 0.6 is 22.7 Å². The van der Waals surface area contributed by atoms with Crippen LogP contribution < -0.4 is 5.32 Å². The molecular weight excluding hydrogens is 274 g/mol. The molecule has 1 fully saturated rings. The Morgan fingerprint density at radius 1 is 1.32 bits per heavy atom. The maximum atomic E-state index is 4.92. The summed E-state index contributed by atoms with van der Waals surface area (Å²) in [6.07, 6.45) is 8.48. The predicted molar refractivity (Wildman–Crippen MR) is 79.9 cm³/mol. The van der Waals surface area contributed by atoms with Crippen molar-refractivity contribution < 1.29 is 0 Å². The Balaban J connectivity index is 1.58. The second kappa shape index (κ2) is 4.96. The fourth-order valence-electron chi connectivity index (χ4n) is 2.73. The van der Waals surface area contributed by atoms with Gasteiger partial charge >= 0.3 is 0 Å². The van der Waals surface area contributed by atoms with E-state index in [1.807, 2.05) is 23.0 Å². The number of rotatable bonds is 4. The highest BCUT2D eigenvalue weighted by Crippen LogP contribution is 2.39. The van der Waals surface area contributed by atoms with E-state index in [1.165, 1.54) is 52.6 Å². The van der Waals surface area contributed by atoms with E-state index in [1.54, 1.807) is 11.3 Å². The van der Waals surface area contributed by atoms with Crippen LogP contribution in [0, 0.1) is 0 Å². The van der Waals surface area contributed by atoms with Gasteiger partial charge in [-0.15, -0.1) is 22.7 Å². The lowest BCUT2D eigenvalue weighted by atomic mass is 9.91. The Morgan fingerprint density at radius 2 is 2.26 bits per heavy atom. The lowest BCUT2D eigenvalue weighted by Gasteiger charge is -2.21. The highest BCUT2D eigenvalue weighted by molar-refractivity contribution is 7.20. The molecule has 2 aliphatic carbocycles. The SMILES string of the molecule is c1ncc(-c2nc3c(s2)CCCC3CNC2CC2)s1. The van der Waals surface area contributed by atoms with Crippen LogP contribution in [0.2, 0.25) is 0 Å². The van der Waals surface area contributed by atoms with Gasteiger partial charge in [-0.05, 0) is 32.1 Å². The van der Waals surface area contributed by atoms with Crippen LogP contribution in [0.5, 0.6) is 0 Å². The predicted octanol–water partition coefficient (Wildman–Crippen LogP) is 3.44. The van der Waals surface area contributed by atoms with E-state index in [-0.39, 0.29) is 0 Å². The van der Waals surface area contributed by atoms with Crippen LogP contribution in [0.3, 0.4) is 0 Å². The third-order valence-electron chi connectivity index (χ3n) is 3.94. The second-order valence-electron chi connectivity index (χ2n) is 5.46. The summed E-state index contributed by atoms with van der Waals surface area (Å²) in [4.78, 5) is 11.8. The second-order valence-corrected chi connectivity index (χ2v) is 7.43. The molecule has 100 valence electrons. The van der Waals surface area contributed by atoms with Gasteiger partial charge in [0, 0.05) is 29.6 Å². The molecule has 0 aromatic carbocycles. The lowest BCUT2D eigenvalue weighted by molar-refractivity contribution is 0.500. The van der Waals surface area contributed by atoms with Gasteiger partial charge in [0.05, 0.1) is 16.1 Å². The van der Waals surface area contributed by atoms with Crippen LogP contribution in [0.15, 0.2) is 11.7 Å². The number of aromatic nitrogens is 2. The number of hydrogen-bond donors (Lipinski definition) is 1. The van der Waals surface area contributed by atoms with Crippen molar-refractivity contribution in [2.75, 3.05) is 6.54 Å². The first-order valence-electron chi connectivity index (χ1n) is 7.02. The van der Waals surface area contributed by atoms with Crippen molar-refractivity contribution in [2.45, 2.75) is 44.1 Å². The summed E-state index contributed by atoms with van der Waals surface area (Å²) in [5.74, 6) is 0.627. The molecule has 0 spiro atoms. The van der Waals surface area contributed by atoms with Crippen LogP contribution in [0.4, 0.5) is 0 Å². The summed E-state index contributed by atoms with van der Waals surface area (Å²) in [7, 11) is 0. The minimum absolute atomic E-state index is 0.627. The Bertz CT molecular complexity index is 557. The van der Waals surface area contributed by atoms with Gasteiger partial charge in [0.15, 0.2) is 0 Å². The molecule has 4 rings (SSSR count). The van der Waals surface area contributed by atoms with Gasteiger partial charge in [0.2, 0.25) is 0 Å². The average Bonchev–Trinajstić information content (AvgIpc) is 2.94. The molecule has 1 N–H and O–H groups in total. The van der Waals surface area contributed by atoms with Crippen molar-refractivity contribution in [2.24, 2.45) is 0 Å². The number of thiazole rings is 2. The van der Waals surface area contributed by atoms with E-state index in [0.717, 1.165) is 12.6 Å². The zero-order chi connectivity index (χ0) is 12.7. The number of fused-ring (bicyclic) bond motifs is 1.